The number of carboxylic acids is 1. The number of aliphatic hydroxyl groups is 1. The van der Waals surface area contributed by atoms with Crippen LogP contribution in [0.1, 0.15) is 31.0 Å². The van der Waals surface area contributed by atoms with E-state index in [1.165, 1.54) is 4.57 Å². The summed E-state index contributed by atoms with van der Waals surface area (Å²) in [5.41, 5.74) is 8.27. The van der Waals surface area contributed by atoms with Gasteiger partial charge in [0, 0.05) is 19.3 Å². The number of aromatic nitrogens is 5. The monoisotopic (exact) mass is 691 g/mol. The fourth-order valence-corrected chi connectivity index (χ4v) is 3.78. The second kappa shape index (κ2) is 21.9. The van der Waals surface area contributed by atoms with Gasteiger partial charge in [-0.2, -0.15) is 23.1 Å². The minimum absolute atomic E-state index is 0.0187. The number of hydrogen-bond acceptors (Lipinski definition) is 13. The SMILES string of the molecule is CCCCOc1nc(N)c2[nH]c(=O)n(Cc3ccc(CN(C)CCOCCOCCOCCOCCO)nc3)c2n1.O=C(O)C(F)(F)F. The number of nitrogens with zero attached hydrogens (tertiary/aromatic N) is 5. The summed E-state index contributed by atoms with van der Waals surface area (Å²) in [4.78, 5) is 39.5. The summed E-state index contributed by atoms with van der Waals surface area (Å²) in [5, 5.41) is 15.7. The normalized spacial score (nSPS) is 11.6. The first-order valence-electron chi connectivity index (χ1n) is 15.2. The molecule has 270 valence electrons. The van der Waals surface area contributed by atoms with E-state index in [2.05, 4.69) is 31.8 Å². The molecular weight excluding hydrogens is 647 g/mol. The van der Waals surface area contributed by atoms with E-state index in [-0.39, 0.29) is 30.7 Å². The summed E-state index contributed by atoms with van der Waals surface area (Å²) in [6.07, 6.45) is -1.47. The summed E-state index contributed by atoms with van der Waals surface area (Å²) in [7, 11) is 2.01. The number of aliphatic carboxylic acids is 1. The van der Waals surface area contributed by atoms with Gasteiger partial charge >= 0.3 is 23.8 Å². The number of halogens is 3. The fourth-order valence-electron chi connectivity index (χ4n) is 3.78. The van der Waals surface area contributed by atoms with Crippen molar-refractivity contribution < 1.29 is 51.9 Å². The Morgan fingerprint density at radius 2 is 1.60 bits per heavy atom. The number of likely N-dealkylation sites (N-methyl/N-ethyl adjacent to an activating group) is 1. The van der Waals surface area contributed by atoms with Crippen molar-refractivity contribution in [2.24, 2.45) is 0 Å². The number of imidazole rings is 1. The Kier molecular flexibility index (Phi) is 18.4. The first kappa shape index (κ1) is 40.3. The largest absolute Gasteiger partial charge is 0.490 e. The lowest BCUT2D eigenvalue weighted by Crippen LogP contribution is -2.24. The molecule has 0 saturated heterocycles. The first-order valence-corrected chi connectivity index (χ1v) is 15.2. The van der Waals surface area contributed by atoms with Crippen LogP contribution in [-0.2, 0) is 36.8 Å². The van der Waals surface area contributed by atoms with Crippen LogP contribution >= 0.6 is 0 Å². The van der Waals surface area contributed by atoms with Gasteiger partial charge in [-0.05, 0) is 25.1 Å². The summed E-state index contributed by atoms with van der Waals surface area (Å²) >= 11 is 0. The molecule has 0 unspecified atom stereocenters. The van der Waals surface area contributed by atoms with Crippen molar-refractivity contribution >= 4 is 23.0 Å². The fraction of sp³-hybridized carbons (Fsp3) is 0.621. The lowest BCUT2D eigenvalue weighted by Gasteiger charge is -2.16. The van der Waals surface area contributed by atoms with Crippen LogP contribution in [0.15, 0.2) is 23.1 Å². The third-order valence-corrected chi connectivity index (χ3v) is 6.23. The number of fused-ring (bicyclic) bond motifs is 1. The minimum Gasteiger partial charge on any atom is -0.475 e. The molecule has 3 aromatic heterocycles. The Balaban J connectivity index is 0.00000103. The Labute approximate surface area is 274 Å². The topological polar surface area (TPSA) is 209 Å². The number of anilines is 1. The van der Waals surface area contributed by atoms with Gasteiger partial charge < -0.3 is 44.6 Å². The van der Waals surface area contributed by atoms with Gasteiger partial charge in [0.05, 0.1) is 78.3 Å². The smallest absolute Gasteiger partial charge is 0.475 e. The molecule has 3 rings (SSSR count). The zero-order valence-electron chi connectivity index (χ0n) is 27.0. The van der Waals surface area contributed by atoms with E-state index in [4.69, 9.17) is 44.4 Å². The minimum atomic E-state index is -5.08. The number of carbonyl (C=O) groups is 1. The Hall–Kier alpha value is -3.88. The molecule has 3 aromatic rings. The van der Waals surface area contributed by atoms with E-state index in [0.717, 1.165) is 30.6 Å². The van der Waals surface area contributed by atoms with Crippen molar-refractivity contribution in [3.63, 3.8) is 0 Å². The van der Waals surface area contributed by atoms with Gasteiger partial charge in [-0.3, -0.25) is 14.5 Å². The molecule has 0 atom stereocenters. The highest BCUT2D eigenvalue weighted by Gasteiger charge is 2.38. The van der Waals surface area contributed by atoms with Gasteiger partial charge in [0.15, 0.2) is 11.5 Å². The Morgan fingerprint density at radius 3 is 2.15 bits per heavy atom. The highest BCUT2D eigenvalue weighted by Crippen LogP contribution is 2.19. The predicted molar refractivity (Wildman–Crippen MR) is 167 cm³/mol. The molecule has 5 N–H and O–H groups in total. The average Bonchev–Trinajstić information content (AvgIpc) is 3.35. The maximum atomic E-state index is 12.6. The van der Waals surface area contributed by atoms with Gasteiger partial charge in [0.1, 0.15) is 5.52 Å². The lowest BCUT2D eigenvalue weighted by molar-refractivity contribution is -0.192. The maximum absolute atomic E-state index is 12.6. The number of unbranched alkanes of at least 4 members (excludes halogenated alkanes) is 1. The van der Waals surface area contributed by atoms with Crippen LogP contribution in [0, 0.1) is 0 Å². The number of H-pyrrole nitrogens is 1. The number of alkyl halides is 3. The zero-order chi connectivity index (χ0) is 35.4. The van der Waals surface area contributed by atoms with Gasteiger partial charge in [0.25, 0.3) is 0 Å². The molecule has 0 radical (unpaired) electrons. The molecule has 0 fully saturated rings. The van der Waals surface area contributed by atoms with Crippen LogP contribution in [0.5, 0.6) is 6.01 Å². The van der Waals surface area contributed by atoms with Gasteiger partial charge in [0.2, 0.25) is 0 Å². The third kappa shape index (κ3) is 15.3. The number of hydrogen-bond donors (Lipinski definition) is 4. The average molecular weight is 692 g/mol. The van der Waals surface area contributed by atoms with Crippen LogP contribution in [0.4, 0.5) is 19.0 Å². The van der Waals surface area contributed by atoms with Crippen LogP contribution < -0.4 is 16.2 Å². The molecule has 0 aliphatic heterocycles. The Morgan fingerprint density at radius 1 is 1.00 bits per heavy atom. The van der Waals surface area contributed by atoms with Crippen molar-refractivity contribution in [2.75, 3.05) is 85.4 Å². The van der Waals surface area contributed by atoms with Crippen molar-refractivity contribution in [3.8, 4) is 6.01 Å². The summed E-state index contributed by atoms with van der Waals surface area (Å²) in [6, 6.07) is 4.06. The van der Waals surface area contributed by atoms with E-state index in [9.17, 15) is 18.0 Å². The van der Waals surface area contributed by atoms with Gasteiger partial charge in [-0.25, -0.2) is 9.59 Å². The molecule has 0 saturated carbocycles. The molecule has 0 spiro atoms. The molecule has 0 aliphatic carbocycles. The number of pyridine rings is 1. The van der Waals surface area contributed by atoms with E-state index < -0.39 is 12.1 Å². The van der Waals surface area contributed by atoms with Crippen LogP contribution in [-0.4, -0.2) is 131 Å². The first-order chi connectivity index (χ1) is 23.0. The molecule has 0 aromatic carbocycles. The van der Waals surface area contributed by atoms with E-state index in [1.54, 1.807) is 6.20 Å². The van der Waals surface area contributed by atoms with Crippen LogP contribution in [0.3, 0.4) is 0 Å². The highest BCUT2D eigenvalue weighted by molar-refractivity contribution is 5.81. The van der Waals surface area contributed by atoms with Gasteiger partial charge in [-0.1, -0.05) is 19.4 Å². The standard InChI is InChI=1S/C27H43N7O7.C2HF3O2/c1-3-4-9-41-26-31-24(28)23-25(32-26)34(27(36)30-23)19-21-5-6-22(29-18-21)20-33(2)7-10-37-12-14-39-16-17-40-15-13-38-11-8-35;3-2(4,5)1(6)7/h5-6,18,35H,3-4,7-17,19-20H2,1-2H3,(H,30,36)(H2,28,31,32);(H,6,7). The van der Waals surface area contributed by atoms with Crippen molar-refractivity contribution in [2.45, 2.75) is 39.0 Å². The molecule has 0 aliphatic rings. The molecular formula is C29H44F3N7O9. The Bertz CT molecular complexity index is 1410. The van der Waals surface area contributed by atoms with Crippen LogP contribution in [0.25, 0.3) is 11.2 Å². The molecule has 48 heavy (non-hydrogen) atoms. The molecule has 3 heterocycles. The van der Waals surface area contributed by atoms with Gasteiger partial charge in [-0.15, -0.1) is 0 Å². The molecule has 0 amide bonds. The number of nitrogens with two attached hydrogens (primary N) is 1. The lowest BCUT2D eigenvalue weighted by atomic mass is 10.2. The van der Waals surface area contributed by atoms with E-state index in [1.807, 2.05) is 19.2 Å². The number of aromatic amines is 1. The van der Waals surface area contributed by atoms with Crippen LogP contribution in [0.2, 0.25) is 0 Å². The van der Waals surface area contributed by atoms with Crippen molar-refractivity contribution in [1.82, 2.24) is 29.4 Å². The predicted octanol–water partition coefficient (Wildman–Crippen LogP) is 1.45. The summed E-state index contributed by atoms with van der Waals surface area (Å²) in [6.45, 7) is 8.12. The quantitative estimate of drug-likeness (QED) is 0.110. The number of ether oxygens (including phenoxy) is 5. The number of nitrogens with one attached hydrogen (secondary N) is 1. The molecule has 19 heteroatoms. The number of carboxylic acid groups (broad SMARTS) is 1. The summed E-state index contributed by atoms with van der Waals surface area (Å²) < 4.78 is 60.4. The number of rotatable bonds is 22. The summed E-state index contributed by atoms with van der Waals surface area (Å²) in [5.74, 6) is -2.58. The van der Waals surface area contributed by atoms with Crippen molar-refractivity contribution in [1.29, 1.82) is 0 Å². The molecule has 0 bridgehead atoms. The number of aliphatic hydroxyl groups excluding tert-OH is 1. The number of nitrogen functional groups attached to an aromatic ring is 1. The highest BCUT2D eigenvalue weighted by atomic mass is 19.4. The van der Waals surface area contributed by atoms with E-state index in [0.29, 0.717) is 77.2 Å². The molecule has 16 nitrogen and oxygen atoms in total. The van der Waals surface area contributed by atoms with Crippen molar-refractivity contribution in [3.05, 3.63) is 40.1 Å². The third-order valence-electron chi connectivity index (χ3n) is 6.23. The second-order valence-electron chi connectivity index (χ2n) is 10.2. The van der Waals surface area contributed by atoms with E-state index >= 15 is 0 Å². The zero-order valence-corrected chi connectivity index (χ0v) is 27.0. The second-order valence-corrected chi connectivity index (χ2v) is 10.2. The maximum Gasteiger partial charge on any atom is 0.490 e.